The first-order chi connectivity index (χ1) is 6.38. The minimum atomic E-state index is -4.54. The number of halogens is 3. The number of aryl methyl sites for hydroxylation is 1. The highest BCUT2D eigenvalue weighted by molar-refractivity contribution is 5.28. The van der Waals surface area contributed by atoms with E-state index in [-0.39, 0.29) is 5.56 Å². The lowest BCUT2D eigenvalue weighted by Crippen LogP contribution is -2.25. The molecule has 0 unspecified atom stereocenters. The van der Waals surface area contributed by atoms with E-state index < -0.39 is 17.4 Å². The Morgan fingerprint density at radius 3 is 2.43 bits per heavy atom. The molecule has 0 fully saturated rings. The van der Waals surface area contributed by atoms with Crippen molar-refractivity contribution in [3.05, 3.63) is 40.3 Å². The summed E-state index contributed by atoms with van der Waals surface area (Å²) < 4.78 is 37.5. The van der Waals surface area contributed by atoms with E-state index in [0.29, 0.717) is 4.57 Å². The van der Waals surface area contributed by atoms with Crippen molar-refractivity contribution < 1.29 is 13.2 Å². The largest absolute Gasteiger partial charge is 0.431 e. The van der Waals surface area contributed by atoms with Crippen molar-refractivity contribution >= 4 is 6.20 Å². The van der Waals surface area contributed by atoms with Gasteiger partial charge in [0, 0.05) is 11.8 Å². The molecule has 0 aliphatic carbocycles. The SMILES string of the molecule is C=Cn1c(C(F)(F)F)ccc(C)c1=O. The van der Waals surface area contributed by atoms with Gasteiger partial charge in [-0.3, -0.25) is 9.36 Å². The Bertz CT molecular complexity index is 417. The molecule has 0 spiro atoms. The van der Waals surface area contributed by atoms with Crippen molar-refractivity contribution in [3.63, 3.8) is 0 Å². The molecule has 2 nitrogen and oxygen atoms in total. The molecule has 0 amide bonds. The first-order valence-electron chi connectivity index (χ1n) is 3.80. The fourth-order valence-corrected chi connectivity index (χ4v) is 1.07. The molecule has 0 aliphatic heterocycles. The van der Waals surface area contributed by atoms with Crippen LogP contribution < -0.4 is 5.56 Å². The summed E-state index contributed by atoms with van der Waals surface area (Å²) in [5.41, 5.74) is -1.46. The smallest absolute Gasteiger partial charge is 0.280 e. The molecule has 14 heavy (non-hydrogen) atoms. The lowest BCUT2D eigenvalue weighted by molar-refractivity contribution is -0.142. The predicted octanol–water partition coefficient (Wildman–Crippen LogP) is 2.28. The Labute approximate surface area is 78.3 Å². The van der Waals surface area contributed by atoms with Crippen LogP contribution in [0.25, 0.3) is 6.20 Å². The second kappa shape index (κ2) is 3.32. The van der Waals surface area contributed by atoms with Gasteiger partial charge in [-0.2, -0.15) is 13.2 Å². The van der Waals surface area contributed by atoms with Crippen LogP contribution in [-0.4, -0.2) is 4.57 Å². The number of nitrogens with zero attached hydrogens (tertiary/aromatic N) is 1. The zero-order valence-corrected chi connectivity index (χ0v) is 7.43. The molecule has 0 saturated heterocycles. The van der Waals surface area contributed by atoms with Crippen LogP contribution in [0.2, 0.25) is 0 Å². The van der Waals surface area contributed by atoms with Crippen LogP contribution in [0, 0.1) is 6.92 Å². The van der Waals surface area contributed by atoms with Crippen LogP contribution in [0.1, 0.15) is 11.3 Å². The zero-order chi connectivity index (χ0) is 10.9. The van der Waals surface area contributed by atoms with Gasteiger partial charge in [0.05, 0.1) is 0 Å². The average Bonchev–Trinajstić information content (AvgIpc) is 2.07. The predicted molar refractivity (Wildman–Crippen MR) is 46.8 cm³/mol. The van der Waals surface area contributed by atoms with Gasteiger partial charge in [0.1, 0.15) is 5.69 Å². The molecule has 0 atom stereocenters. The van der Waals surface area contributed by atoms with E-state index in [4.69, 9.17) is 0 Å². The highest BCUT2D eigenvalue weighted by Gasteiger charge is 2.33. The summed E-state index contributed by atoms with van der Waals surface area (Å²) in [6, 6.07) is 2.00. The Balaban J connectivity index is 3.55. The Kier molecular flexibility index (Phi) is 2.51. The molecule has 0 radical (unpaired) electrons. The van der Waals surface area contributed by atoms with Gasteiger partial charge in [0.2, 0.25) is 0 Å². The summed E-state index contributed by atoms with van der Waals surface area (Å²) in [5, 5.41) is 0. The van der Waals surface area contributed by atoms with Crippen LogP contribution in [0.3, 0.4) is 0 Å². The van der Waals surface area contributed by atoms with E-state index in [0.717, 1.165) is 18.3 Å². The van der Waals surface area contributed by atoms with Gasteiger partial charge in [-0.1, -0.05) is 12.6 Å². The van der Waals surface area contributed by atoms with E-state index in [2.05, 4.69) is 6.58 Å². The summed E-state index contributed by atoms with van der Waals surface area (Å²) in [6.45, 7) is 4.62. The minimum Gasteiger partial charge on any atom is -0.280 e. The molecule has 0 bridgehead atoms. The third kappa shape index (κ3) is 1.71. The molecular formula is C9H8F3NO. The number of hydrogen-bond acceptors (Lipinski definition) is 1. The summed E-state index contributed by atoms with van der Waals surface area (Å²) in [7, 11) is 0. The van der Waals surface area contributed by atoms with E-state index in [9.17, 15) is 18.0 Å². The van der Waals surface area contributed by atoms with Gasteiger partial charge >= 0.3 is 6.18 Å². The molecule has 0 saturated carbocycles. The Morgan fingerprint density at radius 2 is 2.00 bits per heavy atom. The van der Waals surface area contributed by atoms with Gasteiger partial charge in [-0.05, 0) is 13.0 Å². The van der Waals surface area contributed by atoms with Crippen molar-refractivity contribution in [1.29, 1.82) is 0 Å². The monoisotopic (exact) mass is 203 g/mol. The van der Waals surface area contributed by atoms with Gasteiger partial charge in [0.25, 0.3) is 5.56 Å². The maximum Gasteiger partial charge on any atom is 0.431 e. The highest BCUT2D eigenvalue weighted by atomic mass is 19.4. The average molecular weight is 203 g/mol. The minimum absolute atomic E-state index is 0.248. The summed E-state index contributed by atoms with van der Waals surface area (Å²) in [6.07, 6.45) is -3.68. The zero-order valence-electron chi connectivity index (χ0n) is 7.43. The number of pyridine rings is 1. The number of hydrogen-bond donors (Lipinski definition) is 0. The van der Waals surface area contributed by atoms with Crippen LogP contribution in [0.5, 0.6) is 0 Å². The Morgan fingerprint density at radius 1 is 1.43 bits per heavy atom. The number of aromatic nitrogens is 1. The molecule has 0 N–H and O–H groups in total. The standard InChI is InChI=1S/C9H8F3NO/c1-3-13-7(9(10,11)12)5-4-6(2)8(13)14/h3-5H,1H2,2H3. The maximum atomic E-state index is 12.3. The van der Waals surface area contributed by atoms with Gasteiger partial charge in [-0.25, -0.2) is 0 Å². The maximum absolute atomic E-state index is 12.3. The summed E-state index contributed by atoms with van der Waals surface area (Å²) >= 11 is 0. The number of rotatable bonds is 1. The van der Waals surface area contributed by atoms with Crippen molar-refractivity contribution in [2.24, 2.45) is 0 Å². The van der Waals surface area contributed by atoms with E-state index in [1.165, 1.54) is 6.92 Å². The third-order valence-corrected chi connectivity index (χ3v) is 1.78. The first kappa shape index (κ1) is 10.6. The van der Waals surface area contributed by atoms with Crippen molar-refractivity contribution in [1.82, 2.24) is 4.57 Å². The van der Waals surface area contributed by atoms with Crippen molar-refractivity contribution in [3.8, 4) is 0 Å². The molecule has 0 aliphatic rings. The van der Waals surface area contributed by atoms with Gasteiger partial charge in [-0.15, -0.1) is 0 Å². The molecule has 0 aromatic carbocycles. The van der Waals surface area contributed by atoms with E-state index in [1.807, 2.05) is 0 Å². The molecule has 1 aromatic rings. The summed E-state index contributed by atoms with van der Waals surface area (Å²) in [5.74, 6) is 0. The topological polar surface area (TPSA) is 22.0 Å². The van der Waals surface area contributed by atoms with Gasteiger partial charge < -0.3 is 0 Å². The summed E-state index contributed by atoms with van der Waals surface area (Å²) in [4.78, 5) is 11.3. The quantitative estimate of drug-likeness (QED) is 0.686. The van der Waals surface area contributed by atoms with Gasteiger partial charge in [0.15, 0.2) is 0 Å². The molecule has 5 heteroatoms. The molecule has 76 valence electrons. The van der Waals surface area contributed by atoms with Crippen LogP contribution >= 0.6 is 0 Å². The molecule has 1 rings (SSSR count). The second-order valence-electron chi connectivity index (χ2n) is 2.76. The molecule has 1 heterocycles. The third-order valence-electron chi connectivity index (χ3n) is 1.78. The van der Waals surface area contributed by atoms with Crippen LogP contribution in [0.4, 0.5) is 13.2 Å². The molecule has 1 aromatic heterocycles. The van der Waals surface area contributed by atoms with Crippen LogP contribution in [-0.2, 0) is 6.18 Å². The fourth-order valence-electron chi connectivity index (χ4n) is 1.07. The normalized spacial score (nSPS) is 11.4. The van der Waals surface area contributed by atoms with Crippen molar-refractivity contribution in [2.75, 3.05) is 0 Å². The molecular weight excluding hydrogens is 195 g/mol. The lowest BCUT2D eigenvalue weighted by Gasteiger charge is -2.11. The first-order valence-corrected chi connectivity index (χ1v) is 3.80. The van der Waals surface area contributed by atoms with Crippen molar-refractivity contribution in [2.45, 2.75) is 13.1 Å². The second-order valence-corrected chi connectivity index (χ2v) is 2.76. The lowest BCUT2D eigenvalue weighted by atomic mass is 10.2. The fraction of sp³-hybridized carbons (Fsp3) is 0.222. The number of alkyl halides is 3. The van der Waals surface area contributed by atoms with Crippen LogP contribution in [0.15, 0.2) is 23.5 Å². The highest BCUT2D eigenvalue weighted by Crippen LogP contribution is 2.28. The Hall–Kier alpha value is -1.52. The van der Waals surface area contributed by atoms with E-state index >= 15 is 0 Å². The van der Waals surface area contributed by atoms with E-state index in [1.54, 1.807) is 0 Å².